The number of pyridine rings is 1. The van der Waals surface area contributed by atoms with Crippen molar-refractivity contribution in [2.75, 3.05) is 0 Å². The van der Waals surface area contributed by atoms with Gasteiger partial charge in [0.15, 0.2) is 5.65 Å². The standard InChI is InChI=1S/C8H6N6O/c1-14-4-11-6-5(8(15)12-13-9)2-3-10-7(6)14/h2-4H,1H3. The van der Waals surface area contributed by atoms with Gasteiger partial charge in [-0.25, -0.2) is 9.97 Å². The summed E-state index contributed by atoms with van der Waals surface area (Å²) in [5.74, 6) is -0.649. The fraction of sp³-hybridized carbons (Fsp3) is 0.125. The van der Waals surface area contributed by atoms with Crippen molar-refractivity contribution >= 4 is 17.1 Å². The lowest BCUT2D eigenvalue weighted by molar-refractivity contribution is 0.100. The van der Waals surface area contributed by atoms with Crippen molar-refractivity contribution in [3.63, 3.8) is 0 Å². The molecule has 74 valence electrons. The van der Waals surface area contributed by atoms with Crippen molar-refractivity contribution in [2.45, 2.75) is 0 Å². The number of nitrogens with zero attached hydrogens (tertiary/aromatic N) is 6. The number of rotatable bonds is 1. The predicted octanol–water partition coefficient (Wildman–Crippen LogP) is 1.42. The highest BCUT2D eigenvalue weighted by atomic mass is 16.1. The van der Waals surface area contributed by atoms with Gasteiger partial charge in [-0.3, -0.25) is 4.79 Å². The Morgan fingerprint density at radius 1 is 1.60 bits per heavy atom. The fourth-order valence-electron chi connectivity index (χ4n) is 1.29. The van der Waals surface area contributed by atoms with Crippen molar-refractivity contribution < 1.29 is 4.79 Å². The molecule has 0 saturated carbocycles. The van der Waals surface area contributed by atoms with E-state index in [2.05, 4.69) is 20.0 Å². The molecule has 0 radical (unpaired) electrons. The minimum atomic E-state index is -0.649. The van der Waals surface area contributed by atoms with Crippen LogP contribution in [0.2, 0.25) is 0 Å². The molecule has 1 amide bonds. The molecule has 15 heavy (non-hydrogen) atoms. The Morgan fingerprint density at radius 3 is 3.13 bits per heavy atom. The SMILES string of the molecule is Cn1cnc2c(C(=O)N=[N+]=[N-])ccnc21. The van der Waals surface area contributed by atoms with Gasteiger partial charge in [-0.2, -0.15) is 0 Å². The van der Waals surface area contributed by atoms with Crippen molar-refractivity contribution in [1.29, 1.82) is 0 Å². The molecule has 0 fully saturated rings. The fourth-order valence-corrected chi connectivity index (χ4v) is 1.29. The summed E-state index contributed by atoms with van der Waals surface area (Å²) in [6.07, 6.45) is 3.02. The van der Waals surface area contributed by atoms with Gasteiger partial charge in [0.25, 0.3) is 5.91 Å². The monoisotopic (exact) mass is 202 g/mol. The smallest absolute Gasteiger partial charge is 0.251 e. The van der Waals surface area contributed by atoms with Crippen LogP contribution in [0.3, 0.4) is 0 Å². The molecule has 7 nitrogen and oxygen atoms in total. The second-order valence-electron chi connectivity index (χ2n) is 2.88. The Bertz CT molecular complexity index is 580. The van der Waals surface area contributed by atoms with Crippen molar-refractivity contribution in [3.05, 3.63) is 34.6 Å². The van der Waals surface area contributed by atoms with E-state index in [9.17, 15) is 4.79 Å². The zero-order valence-electron chi connectivity index (χ0n) is 7.82. The van der Waals surface area contributed by atoms with Crippen LogP contribution in [-0.2, 0) is 7.05 Å². The van der Waals surface area contributed by atoms with E-state index in [4.69, 9.17) is 5.53 Å². The summed E-state index contributed by atoms with van der Waals surface area (Å²) >= 11 is 0. The maximum absolute atomic E-state index is 11.4. The summed E-state index contributed by atoms with van der Waals surface area (Å²) in [5.41, 5.74) is 9.45. The second kappa shape index (κ2) is 3.39. The Morgan fingerprint density at radius 2 is 2.40 bits per heavy atom. The lowest BCUT2D eigenvalue weighted by atomic mass is 10.2. The zero-order valence-corrected chi connectivity index (χ0v) is 7.82. The Labute approximate surface area is 84.0 Å². The van der Waals surface area contributed by atoms with Crippen molar-refractivity contribution in [2.24, 2.45) is 12.2 Å². The number of imidazole rings is 1. The lowest BCUT2D eigenvalue weighted by Crippen LogP contribution is -1.96. The Hall–Kier alpha value is -2.40. The molecule has 0 spiro atoms. The van der Waals surface area contributed by atoms with Gasteiger partial charge in [-0.05, 0) is 16.7 Å². The number of fused-ring (bicyclic) bond motifs is 1. The van der Waals surface area contributed by atoms with Crippen molar-refractivity contribution in [1.82, 2.24) is 14.5 Å². The largest absolute Gasteiger partial charge is 0.318 e. The number of hydrogen-bond donors (Lipinski definition) is 0. The van der Waals surface area contributed by atoms with Crippen LogP contribution < -0.4 is 0 Å². The normalized spacial score (nSPS) is 9.93. The molecule has 0 aliphatic carbocycles. The first-order valence-electron chi connectivity index (χ1n) is 4.09. The molecule has 2 aromatic heterocycles. The van der Waals surface area contributed by atoms with E-state index in [1.54, 1.807) is 17.9 Å². The molecule has 2 aromatic rings. The topological polar surface area (TPSA) is 96.5 Å². The van der Waals surface area contributed by atoms with Crippen LogP contribution in [0.1, 0.15) is 10.4 Å². The first kappa shape index (κ1) is 9.17. The van der Waals surface area contributed by atoms with Crippen LogP contribution >= 0.6 is 0 Å². The number of amides is 1. The van der Waals surface area contributed by atoms with E-state index in [1.165, 1.54) is 12.3 Å². The predicted molar refractivity (Wildman–Crippen MR) is 52.0 cm³/mol. The minimum Gasteiger partial charge on any atom is -0.318 e. The van der Waals surface area contributed by atoms with Gasteiger partial charge in [0, 0.05) is 18.2 Å². The highest BCUT2D eigenvalue weighted by Crippen LogP contribution is 2.14. The molecule has 0 aromatic carbocycles. The van der Waals surface area contributed by atoms with E-state index >= 15 is 0 Å². The maximum Gasteiger partial charge on any atom is 0.251 e. The van der Waals surface area contributed by atoms with Crippen LogP contribution in [0.15, 0.2) is 23.7 Å². The number of azide groups is 1. The molecule has 0 aliphatic heterocycles. The molecule has 0 bridgehead atoms. The molecule has 7 heteroatoms. The average Bonchev–Trinajstić information content (AvgIpc) is 2.61. The molecule has 0 atom stereocenters. The number of carbonyl (C=O) groups excluding carboxylic acids is 1. The quantitative estimate of drug-likeness (QED) is 0.397. The highest BCUT2D eigenvalue weighted by Gasteiger charge is 2.11. The summed E-state index contributed by atoms with van der Waals surface area (Å²) in [7, 11) is 1.77. The van der Waals surface area contributed by atoms with E-state index in [-0.39, 0.29) is 5.56 Å². The van der Waals surface area contributed by atoms with Crippen molar-refractivity contribution in [3.8, 4) is 0 Å². The third-order valence-corrected chi connectivity index (χ3v) is 1.97. The average molecular weight is 202 g/mol. The van der Waals surface area contributed by atoms with Crippen LogP contribution in [0.4, 0.5) is 0 Å². The number of aryl methyl sites for hydroxylation is 1. The zero-order chi connectivity index (χ0) is 10.8. The molecule has 0 N–H and O–H groups in total. The van der Waals surface area contributed by atoms with Gasteiger partial charge < -0.3 is 4.57 Å². The van der Waals surface area contributed by atoms with Gasteiger partial charge in [-0.15, -0.1) is 0 Å². The van der Waals surface area contributed by atoms with E-state index in [0.717, 1.165) is 0 Å². The highest BCUT2D eigenvalue weighted by molar-refractivity contribution is 6.04. The van der Waals surface area contributed by atoms with E-state index in [1.807, 2.05) is 0 Å². The second-order valence-corrected chi connectivity index (χ2v) is 2.88. The third-order valence-electron chi connectivity index (χ3n) is 1.97. The van der Waals surface area contributed by atoms with Gasteiger partial charge in [-0.1, -0.05) is 0 Å². The molecule has 2 rings (SSSR count). The summed E-state index contributed by atoms with van der Waals surface area (Å²) in [6.45, 7) is 0. The van der Waals surface area contributed by atoms with Gasteiger partial charge >= 0.3 is 0 Å². The molecule has 0 aliphatic rings. The molecular weight excluding hydrogens is 196 g/mol. The third kappa shape index (κ3) is 1.40. The van der Waals surface area contributed by atoms with Gasteiger partial charge in [0.1, 0.15) is 5.52 Å². The maximum atomic E-state index is 11.4. The molecule has 0 unspecified atom stereocenters. The number of aromatic nitrogens is 3. The van der Waals surface area contributed by atoms with Crippen LogP contribution in [0.5, 0.6) is 0 Å². The number of carbonyl (C=O) groups is 1. The summed E-state index contributed by atoms with van der Waals surface area (Å²) in [6, 6.07) is 1.48. The van der Waals surface area contributed by atoms with E-state index in [0.29, 0.717) is 11.2 Å². The van der Waals surface area contributed by atoms with Gasteiger partial charge in [0.2, 0.25) is 0 Å². The first-order chi connectivity index (χ1) is 7.24. The molecular formula is C8H6N6O. The Kier molecular flexibility index (Phi) is 2.07. The summed E-state index contributed by atoms with van der Waals surface area (Å²) in [4.78, 5) is 21.9. The molecule has 0 saturated heterocycles. The van der Waals surface area contributed by atoms with Crippen LogP contribution in [0, 0.1) is 0 Å². The van der Waals surface area contributed by atoms with Crippen LogP contribution in [-0.4, -0.2) is 20.4 Å². The van der Waals surface area contributed by atoms with Crippen LogP contribution in [0.25, 0.3) is 21.6 Å². The lowest BCUT2D eigenvalue weighted by Gasteiger charge is -1.96. The van der Waals surface area contributed by atoms with E-state index < -0.39 is 5.91 Å². The Balaban J connectivity index is 2.71. The number of hydrogen-bond acceptors (Lipinski definition) is 3. The van der Waals surface area contributed by atoms with Gasteiger partial charge in [0.05, 0.1) is 11.9 Å². The summed E-state index contributed by atoms with van der Waals surface area (Å²) in [5, 5.41) is 3.02. The summed E-state index contributed by atoms with van der Waals surface area (Å²) < 4.78 is 1.68. The molecule has 2 heterocycles. The first-order valence-corrected chi connectivity index (χ1v) is 4.09. The minimum absolute atomic E-state index is 0.262.